The summed E-state index contributed by atoms with van der Waals surface area (Å²) in [4.78, 5) is 4.70. The van der Waals surface area contributed by atoms with Gasteiger partial charge in [0.15, 0.2) is 0 Å². The minimum absolute atomic E-state index is 1.11. The van der Waals surface area contributed by atoms with Gasteiger partial charge in [-0.3, -0.25) is 0 Å². The molecule has 0 heterocycles. The van der Waals surface area contributed by atoms with Gasteiger partial charge in [-0.05, 0) is 111 Å². The van der Waals surface area contributed by atoms with E-state index in [9.17, 15) is 0 Å². The predicted octanol–water partition coefficient (Wildman–Crippen LogP) is 14.3. The molecule has 0 aliphatic carbocycles. The molecule has 0 aromatic heterocycles. The van der Waals surface area contributed by atoms with E-state index in [4.69, 9.17) is 0 Å². The van der Waals surface area contributed by atoms with Gasteiger partial charge in [-0.25, -0.2) is 0 Å². The minimum Gasteiger partial charge on any atom is -0.310 e. The van der Waals surface area contributed by atoms with Gasteiger partial charge in [-0.15, -0.1) is 0 Å². The summed E-state index contributed by atoms with van der Waals surface area (Å²) >= 11 is 0. The molecule has 9 aromatic rings. The Kier molecular flexibility index (Phi) is 8.24. The summed E-state index contributed by atoms with van der Waals surface area (Å²) in [5.41, 5.74) is 11.5. The third-order valence-corrected chi connectivity index (χ3v) is 9.81. The largest absolute Gasteiger partial charge is 0.310 e. The number of hydrogen-bond acceptors (Lipinski definition) is 2. The monoisotopic (exact) mass is 664 g/mol. The van der Waals surface area contributed by atoms with E-state index in [-0.39, 0.29) is 0 Å². The van der Waals surface area contributed by atoms with Gasteiger partial charge in [-0.1, -0.05) is 146 Å². The van der Waals surface area contributed by atoms with Gasteiger partial charge in [0.1, 0.15) is 0 Å². The molecule has 0 fully saturated rings. The maximum atomic E-state index is 2.36. The second-order valence-electron chi connectivity index (χ2n) is 13.0. The van der Waals surface area contributed by atoms with Crippen molar-refractivity contribution >= 4 is 55.7 Å². The van der Waals surface area contributed by atoms with Crippen molar-refractivity contribution in [3.8, 4) is 22.3 Å². The lowest BCUT2D eigenvalue weighted by Gasteiger charge is -2.28. The molecule has 246 valence electrons. The molecule has 0 bridgehead atoms. The Morgan fingerprint density at radius 2 is 0.692 bits per heavy atom. The average Bonchev–Trinajstić information content (AvgIpc) is 3.22. The molecule has 0 aliphatic rings. The highest BCUT2D eigenvalue weighted by Gasteiger charge is 2.18. The summed E-state index contributed by atoms with van der Waals surface area (Å²) in [7, 11) is 0. The summed E-state index contributed by atoms with van der Waals surface area (Å²) in [5.74, 6) is 0. The quantitative estimate of drug-likeness (QED) is 0.159. The number of anilines is 6. The molecule has 0 unspecified atom stereocenters. The normalized spacial score (nSPS) is 11.1. The summed E-state index contributed by atoms with van der Waals surface area (Å²) < 4.78 is 0. The average molecular weight is 665 g/mol. The first-order chi connectivity index (χ1) is 25.8. The zero-order chi connectivity index (χ0) is 34.7. The Balaban J connectivity index is 1.11. The maximum Gasteiger partial charge on any atom is 0.0540 e. The molecular formula is C50H36N2. The van der Waals surface area contributed by atoms with Crippen LogP contribution in [-0.2, 0) is 0 Å². The molecule has 0 spiro atoms. The predicted molar refractivity (Wildman–Crippen MR) is 222 cm³/mol. The second-order valence-corrected chi connectivity index (χ2v) is 13.0. The molecule has 0 atom stereocenters. The number of fused-ring (bicyclic) bond motifs is 2. The third kappa shape index (κ3) is 6.08. The Morgan fingerprint density at radius 3 is 1.37 bits per heavy atom. The molecule has 52 heavy (non-hydrogen) atoms. The van der Waals surface area contributed by atoms with E-state index in [0.29, 0.717) is 0 Å². The van der Waals surface area contributed by atoms with Gasteiger partial charge in [0.05, 0.1) is 5.69 Å². The molecule has 9 rings (SSSR count). The van der Waals surface area contributed by atoms with Crippen LogP contribution in [0.15, 0.2) is 218 Å². The fraction of sp³-hybridized carbons (Fsp3) is 0. The summed E-state index contributed by atoms with van der Waals surface area (Å²) in [5, 5.41) is 4.86. The maximum absolute atomic E-state index is 2.36. The SMILES string of the molecule is c1ccc(-c2ccc(N(c3ccccc3)c3ccc4c(N(c5ccccc5)c5ccc(-c6ccc7ccccc7c6)cc5)cccc4c3)cc2)cc1. The van der Waals surface area contributed by atoms with Gasteiger partial charge in [0, 0.05) is 33.8 Å². The van der Waals surface area contributed by atoms with Crippen LogP contribution in [0.5, 0.6) is 0 Å². The van der Waals surface area contributed by atoms with Crippen molar-refractivity contribution in [1.29, 1.82) is 0 Å². The van der Waals surface area contributed by atoms with E-state index < -0.39 is 0 Å². The number of hydrogen-bond donors (Lipinski definition) is 0. The zero-order valence-corrected chi connectivity index (χ0v) is 28.7. The van der Waals surface area contributed by atoms with Crippen LogP contribution < -0.4 is 9.80 Å². The highest BCUT2D eigenvalue weighted by molar-refractivity contribution is 6.01. The van der Waals surface area contributed by atoms with Crippen LogP contribution in [0.1, 0.15) is 0 Å². The van der Waals surface area contributed by atoms with Gasteiger partial charge in [0.2, 0.25) is 0 Å². The molecule has 0 saturated carbocycles. The van der Waals surface area contributed by atoms with Gasteiger partial charge < -0.3 is 9.80 Å². The lowest BCUT2D eigenvalue weighted by Crippen LogP contribution is -2.11. The van der Waals surface area contributed by atoms with Crippen molar-refractivity contribution in [2.24, 2.45) is 0 Å². The van der Waals surface area contributed by atoms with E-state index in [1.54, 1.807) is 0 Å². The topological polar surface area (TPSA) is 6.48 Å². The molecule has 0 saturated heterocycles. The molecule has 0 aliphatic heterocycles. The summed E-state index contributed by atoms with van der Waals surface area (Å²) in [6, 6.07) is 78.3. The lowest BCUT2D eigenvalue weighted by atomic mass is 10.0. The zero-order valence-electron chi connectivity index (χ0n) is 28.7. The van der Waals surface area contributed by atoms with Crippen LogP contribution in [0.3, 0.4) is 0 Å². The third-order valence-electron chi connectivity index (χ3n) is 9.81. The van der Waals surface area contributed by atoms with Crippen LogP contribution in [-0.4, -0.2) is 0 Å². The standard InChI is InChI=1S/C50H36N2/c1-4-13-37(14-5-1)39-25-29-46(30-26-39)51(44-18-6-2-7-19-44)48-33-34-49-43(36-48)17-12-22-50(49)52(45-20-8-3-9-21-45)47-31-27-40(28-32-47)42-24-23-38-15-10-11-16-41(38)35-42/h1-36H. The van der Waals surface area contributed by atoms with E-state index in [2.05, 4.69) is 228 Å². The highest BCUT2D eigenvalue weighted by atomic mass is 15.1. The Bertz CT molecular complexity index is 2600. The Labute approximate surface area is 305 Å². The van der Waals surface area contributed by atoms with E-state index in [1.807, 2.05) is 0 Å². The Hall–Kier alpha value is -6.90. The first-order valence-electron chi connectivity index (χ1n) is 17.8. The number of rotatable bonds is 8. The van der Waals surface area contributed by atoms with Crippen molar-refractivity contribution in [3.05, 3.63) is 218 Å². The lowest BCUT2D eigenvalue weighted by molar-refractivity contribution is 1.28. The van der Waals surface area contributed by atoms with E-state index in [0.717, 1.165) is 34.1 Å². The highest BCUT2D eigenvalue weighted by Crippen LogP contribution is 2.42. The molecule has 2 heteroatoms. The van der Waals surface area contributed by atoms with Gasteiger partial charge >= 0.3 is 0 Å². The van der Waals surface area contributed by atoms with Crippen LogP contribution in [0.25, 0.3) is 43.8 Å². The molecule has 9 aromatic carbocycles. The molecule has 0 N–H and O–H groups in total. The first kappa shape index (κ1) is 31.1. The summed E-state index contributed by atoms with van der Waals surface area (Å²) in [6.07, 6.45) is 0. The molecule has 0 radical (unpaired) electrons. The fourth-order valence-corrected chi connectivity index (χ4v) is 7.22. The Morgan fingerprint density at radius 1 is 0.231 bits per heavy atom. The first-order valence-corrected chi connectivity index (χ1v) is 17.8. The van der Waals surface area contributed by atoms with E-state index in [1.165, 1.54) is 43.8 Å². The van der Waals surface area contributed by atoms with Crippen LogP contribution in [0, 0.1) is 0 Å². The van der Waals surface area contributed by atoms with E-state index >= 15 is 0 Å². The van der Waals surface area contributed by atoms with Gasteiger partial charge in [0.25, 0.3) is 0 Å². The number of benzene rings is 9. The fourth-order valence-electron chi connectivity index (χ4n) is 7.22. The second kappa shape index (κ2) is 13.8. The van der Waals surface area contributed by atoms with Crippen LogP contribution >= 0.6 is 0 Å². The number of nitrogens with zero attached hydrogens (tertiary/aromatic N) is 2. The molecule has 0 amide bonds. The van der Waals surface area contributed by atoms with Crippen molar-refractivity contribution in [1.82, 2.24) is 0 Å². The molecular weight excluding hydrogens is 629 g/mol. The molecule has 2 nitrogen and oxygen atoms in total. The van der Waals surface area contributed by atoms with Gasteiger partial charge in [-0.2, -0.15) is 0 Å². The van der Waals surface area contributed by atoms with Crippen LogP contribution in [0.4, 0.5) is 34.1 Å². The van der Waals surface area contributed by atoms with Crippen molar-refractivity contribution in [3.63, 3.8) is 0 Å². The minimum atomic E-state index is 1.11. The van der Waals surface area contributed by atoms with Crippen molar-refractivity contribution in [2.75, 3.05) is 9.80 Å². The summed E-state index contributed by atoms with van der Waals surface area (Å²) in [6.45, 7) is 0. The smallest absolute Gasteiger partial charge is 0.0540 e. The van der Waals surface area contributed by atoms with Crippen LogP contribution in [0.2, 0.25) is 0 Å². The van der Waals surface area contributed by atoms with Crippen molar-refractivity contribution in [2.45, 2.75) is 0 Å². The number of para-hydroxylation sites is 2. The van der Waals surface area contributed by atoms with Crippen molar-refractivity contribution < 1.29 is 0 Å².